The molecule has 0 amide bonds. The van der Waals surface area contributed by atoms with E-state index < -0.39 is 21.3 Å². The van der Waals surface area contributed by atoms with Crippen LogP contribution in [0.15, 0.2) is 54.3 Å². The van der Waals surface area contributed by atoms with Crippen molar-refractivity contribution < 1.29 is 23.2 Å². The van der Waals surface area contributed by atoms with Crippen molar-refractivity contribution >= 4 is 16.8 Å². The summed E-state index contributed by atoms with van der Waals surface area (Å²) in [5, 5.41) is 0. The summed E-state index contributed by atoms with van der Waals surface area (Å²) in [5.41, 5.74) is 1.06. The molecule has 0 aromatic heterocycles. The predicted molar refractivity (Wildman–Crippen MR) is 129 cm³/mol. The van der Waals surface area contributed by atoms with Crippen LogP contribution in [0.2, 0.25) is 0 Å². The van der Waals surface area contributed by atoms with E-state index in [1.165, 1.54) is 0 Å². The van der Waals surface area contributed by atoms with Crippen LogP contribution in [0.1, 0.15) is 39.7 Å². The topological polar surface area (TPSA) is 65.1 Å². The number of nitrogens with zero attached hydrogens (tertiary/aromatic N) is 1. The Hall–Kier alpha value is -2.38. The molecule has 0 spiro atoms. The maximum absolute atomic E-state index is 13.4. The number of ether oxygens (including phenoxy) is 3. The smallest absolute Gasteiger partial charge is 0.178 e. The molecule has 0 fully saturated rings. The Kier molecular flexibility index (Phi) is 8.87. The highest BCUT2D eigenvalue weighted by Crippen LogP contribution is 2.38. The first-order valence-corrected chi connectivity index (χ1v) is 11.8. The molecule has 0 unspecified atom stereocenters. The van der Waals surface area contributed by atoms with Crippen LogP contribution in [0.3, 0.4) is 0 Å². The predicted octanol–water partition coefficient (Wildman–Crippen LogP) is 4.38. The Morgan fingerprint density at radius 3 is 2.44 bits per heavy atom. The first-order chi connectivity index (χ1) is 15.1. The Morgan fingerprint density at radius 1 is 1.16 bits per heavy atom. The van der Waals surface area contributed by atoms with Crippen molar-refractivity contribution in [2.24, 2.45) is 0 Å². The summed E-state index contributed by atoms with van der Waals surface area (Å²) >= 11 is 0. The lowest BCUT2D eigenvalue weighted by atomic mass is 9.80. The summed E-state index contributed by atoms with van der Waals surface area (Å²) in [6, 6.07) is 5.82. The van der Waals surface area contributed by atoms with Gasteiger partial charge in [0.1, 0.15) is 11.0 Å². The number of ketones is 1. The molecule has 7 heteroatoms. The summed E-state index contributed by atoms with van der Waals surface area (Å²) in [5.74, 6) is 1.23. The van der Waals surface area contributed by atoms with E-state index in [9.17, 15) is 9.00 Å². The fraction of sp³-hybridized carbons (Fsp3) is 0.480. The molecule has 0 saturated heterocycles. The van der Waals surface area contributed by atoms with Gasteiger partial charge in [-0.25, -0.2) is 8.51 Å². The van der Waals surface area contributed by atoms with Crippen LogP contribution in [0.5, 0.6) is 11.5 Å². The van der Waals surface area contributed by atoms with Crippen molar-refractivity contribution in [1.29, 1.82) is 0 Å². The monoisotopic (exact) mass is 461 g/mol. The van der Waals surface area contributed by atoms with Crippen LogP contribution >= 0.6 is 0 Å². The third-order valence-corrected chi connectivity index (χ3v) is 7.28. The number of allylic oxidation sites excluding steroid dienone is 2. The van der Waals surface area contributed by atoms with Gasteiger partial charge < -0.3 is 14.2 Å². The Labute approximate surface area is 194 Å². The van der Waals surface area contributed by atoms with Gasteiger partial charge >= 0.3 is 0 Å². The van der Waals surface area contributed by atoms with Gasteiger partial charge in [-0.1, -0.05) is 12.1 Å². The molecule has 6 nitrogen and oxygen atoms in total. The molecule has 0 aliphatic heterocycles. The lowest BCUT2D eigenvalue weighted by molar-refractivity contribution is -0.110. The van der Waals surface area contributed by atoms with Gasteiger partial charge in [0, 0.05) is 7.05 Å². The summed E-state index contributed by atoms with van der Waals surface area (Å²) in [7, 11) is 3.74. The second kappa shape index (κ2) is 11.0. The molecular formula is C25H35NO5S. The highest BCUT2D eigenvalue weighted by Gasteiger charge is 2.42. The molecule has 0 saturated carbocycles. The van der Waals surface area contributed by atoms with Gasteiger partial charge in [0.15, 0.2) is 17.3 Å². The summed E-state index contributed by atoms with van der Waals surface area (Å²) in [6.07, 6.45) is 9.69. The molecule has 0 bridgehead atoms. The number of rotatable bonds is 10. The molecule has 0 heterocycles. The average molecular weight is 462 g/mol. The van der Waals surface area contributed by atoms with Gasteiger partial charge in [0.05, 0.1) is 37.4 Å². The van der Waals surface area contributed by atoms with Crippen molar-refractivity contribution in [2.75, 3.05) is 27.9 Å². The van der Waals surface area contributed by atoms with Gasteiger partial charge in [-0.05, 0) is 82.0 Å². The molecule has 1 aliphatic carbocycles. The third-order valence-electron chi connectivity index (χ3n) is 5.41. The van der Waals surface area contributed by atoms with Crippen LogP contribution in [-0.4, -0.2) is 52.5 Å². The minimum absolute atomic E-state index is 0.0992. The van der Waals surface area contributed by atoms with Crippen LogP contribution in [-0.2, 0) is 26.9 Å². The average Bonchev–Trinajstić information content (AvgIpc) is 2.77. The number of hydrogen-bond acceptors (Lipinski definition) is 5. The highest BCUT2D eigenvalue weighted by atomic mass is 32.2. The number of benzene rings is 1. The molecule has 1 aromatic carbocycles. The maximum atomic E-state index is 13.4. The third kappa shape index (κ3) is 5.90. The van der Waals surface area contributed by atoms with Crippen molar-refractivity contribution in [3.63, 3.8) is 0 Å². The first-order valence-electron chi connectivity index (χ1n) is 10.7. The molecule has 176 valence electrons. The van der Waals surface area contributed by atoms with Gasteiger partial charge in [0.25, 0.3) is 0 Å². The fourth-order valence-electron chi connectivity index (χ4n) is 3.65. The molecule has 1 aromatic rings. The fourth-order valence-corrected chi connectivity index (χ4v) is 5.03. The van der Waals surface area contributed by atoms with Crippen molar-refractivity contribution in [1.82, 2.24) is 4.31 Å². The lowest BCUT2D eigenvalue weighted by Crippen LogP contribution is -2.52. The number of carbonyl (C=O) groups excluding carboxylic acids is 1. The number of methoxy groups -OCH3 is 2. The van der Waals surface area contributed by atoms with E-state index >= 15 is 0 Å². The van der Waals surface area contributed by atoms with Gasteiger partial charge in [-0.3, -0.25) is 4.79 Å². The zero-order valence-electron chi connectivity index (χ0n) is 20.1. The minimum atomic E-state index is -1.32. The van der Waals surface area contributed by atoms with E-state index in [0.29, 0.717) is 30.9 Å². The molecule has 1 aliphatic rings. The second-order valence-corrected chi connectivity index (χ2v) is 10.8. The van der Waals surface area contributed by atoms with E-state index in [2.05, 4.69) is 0 Å². The van der Waals surface area contributed by atoms with Crippen LogP contribution < -0.4 is 9.47 Å². The van der Waals surface area contributed by atoms with E-state index in [-0.39, 0.29) is 5.78 Å². The van der Waals surface area contributed by atoms with Crippen LogP contribution in [0.4, 0.5) is 0 Å². The largest absolute Gasteiger partial charge is 0.501 e. The summed E-state index contributed by atoms with van der Waals surface area (Å²) < 4.78 is 31.0. The minimum Gasteiger partial charge on any atom is -0.501 e. The van der Waals surface area contributed by atoms with Crippen LogP contribution in [0.25, 0.3) is 0 Å². The molecule has 0 N–H and O–H groups in total. The highest BCUT2D eigenvalue weighted by molar-refractivity contribution is 7.84. The second-order valence-electron chi connectivity index (χ2n) is 8.57. The van der Waals surface area contributed by atoms with Gasteiger partial charge in [-0.2, -0.15) is 0 Å². The normalized spacial score (nSPS) is 19.9. The molecular weight excluding hydrogens is 426 g/mol. The molecule has 32 heavy (non-hydrogen) atoms. The van der Waals surface area contributed by atoms with Crippen molar-refractivity contribution in [3.8, 4) is 11.5 Å². The summed E-state index contributed by atoms with van der Waals surface area (Å²) in [4.78, 5) is 12.2. The molecule has 2 rings (SSSR count). The Balaban J connectivity index is 2.49. The lowest BCUT2D eigenvalue weighted by Gasteiger charge is -2.43. The van der Waals surface area contributed by atoms with Gasteiger partial charge in [-0.15, -0.1) is 0 Å². The number of likely N-dealkylation sites (N-methyl/N-ethyl adjacent to an activating group) is 1. The quantitative estimate of drug-likeness (QED) is 0.484. The zero-order valence-corrected chi connectivity index (χ0v) is 21.0. The number of aryl methyl sites for hydroxylation is 1. The van der Waals surface area contributed by atoms with E-state index in [0.717, 1.165) is 11.1 Å². The summed E-state index contributed by atoms with van der Waals surface area (Å²) in [6.45, 7) is 8.25. The molecule has 2 atom stereocenters. The Morgan fingerprint density at radius 2 is 1.84 bits per heavy atom. The standard InChI is InChI=1S/C25H35NO5S/c1-8-31-16-13-20-18-21(27)12-15-25(20,26(5)32(28)24(2,3)4)14-11-19-9-10-22(29-6)23(17-19)30-7/h9-10,12-13,15-18H,8,11,14H2,1-7H3/b16-13-/t25-,32-/m1/s1. The van der Waals surface area contributed by atoms with Crippen molar-refractivity contribution in [2.45, 2.75) is 50.8 Å². The van der Waals surface area contributed by atoms with Gasteiger partial charge in [0.2, 0.25) is 0 Å². The van der Waals surface area contributed by atoms with Crippen LogP contribution in [0, 0.1) is 0 Å². The molecule has 0 radical (unpaired) electrons. The van der Waals surface area contributed by atoms with Crippen molar-refractivity contribution in [3.05, 3.63) is 59.9 Å². The van der Waals surface area contributed by atoms with E-state index in [4.69, 9.17) is 14.2 Å². The number of carbonyl (C=O) groups is 1. The number of hydrogen-bond donors (Lipinski definition) is 0. The van der Waals surface area contributed by atoms with E-state index in [1.54, 1.807) is 38.7 Å². The zero-order chi connectivity index (χ0) is 23.9. The first kappa shape index (κ1) is 25.9. The van der Waals surface area contributed by atoms with E-state index in [1.807, 2.05) is 63.3 Å². The SMILES string of the molecule is CCO/C=C\C1=CC(=O)C=C[C@@]1(CCc1ccc(OC)c(OC)c1)N(C)[S@](=O)C(C)(C)C. The Bertz CT molecular complexity index is 929. The maximum Gasteiger partial charge on any atom is 0.178 e.